The van der Waals surface area contributed by atoms with Crippen molar-refractivity contribution in [2.45, 2.75) is 6.42 Å². The number of hydrogen-bond acceptors (Lipinski definition) is 1. The second kappa shape index (κ2) is 5.30. The minimum Gasteiger partial charge on any atom is -0.396 e. The lowest BCUT2D eigenvalue weighted by Gasteiger charge is -2.07. The first-order valence-corrected chi connectivity index (χ1v) is 5.74. The molecule has 0 aromatic heterocycles. The lowest BCUT2D eigenvalue weighted by molar-refractivity contribution is 0.299. The molecule has 2 aromatic rings. The molecule has 1 nitrogen and oxygen atoms in total. The van der Waals surface area contributed by atoms with Gasteiger partial charge in [-0.25, -0.2) is 4.39 Å². The fourth-order valence-corrected chi connectivity index (χ4v) is 1.92. The molecule has 0 atom stereocenters. The molecule has 2 rings (SSSR count). The second-order valence-electron chi connectivity index (χ2n) is 3.79. The van der Waals surface area contributed by atoms with Crippen LogP contribution in [0.2, 0.25) is 5.02 Å². The molecule has 0 aliphatic carbocycles. The number of halogens is 2. The van der Waals surface area contributed by atoms with Gasteiger partial charge in [-0.15, -0.1) is 0 Å². The molecule has 0 saturated carbocycles. The smallest absolute Gasteiger partial charge is 0.123 e. The average molecular weight is 251 g/mol. The van der Waals surface area contributed by atoms with E-state index in [2.05, 4.69) is 0 Å². The van der Waals surface area contributed by atoms with E-state index in [1.807, 2.05) is 12.1 Å². The molecule has 3 heteroatoms. The summed E-state index contributed by atoms with van der Waals surface area (Å²) in [6, 6.07) is 11.9. The summed E-state index contributed by atoms with van der Waals surface area (Å²) in [6.45, 7) is 0.0621. The standard InChI is InChI=1S/C14H12ClFO/c15-14-6-3-11(9-12(14)7-8-17)10-1-4-13(16)5-2-10/h1-6,9,17H,7-8H2. The van der Waals surface area contributed by atoms with Gasteiger partial charge in [0, 0.05) is 11.6 Å². The Morgan fingerprint density at radius 2 is 1.65 bits per heavy atom. The van der Waals surface area contributed by atoms with Crippen molar-refractivity contribution in [2.24, 2.45) is 0 Å². The molecule has 0 bridgehead atoms. The summed E-state index contributed by atoms with van der Waals surface area (Å²) in [6.07, 6.45) is 0.522. The van der Waals surface area contributed by atoms with Gasteiger partial charge in [0.05, 0.1) is 0 Å². The third-order valence-corrected chi connectivity index (χ3v) is 2.97. The Kier molecular flexibility index (Phi) is 3.77. The van der Waals surface area contributed by atoms with Crippen LogP contribution in [0.15, 0.2) is 42.5 Å². The van der Waals surface area contributed by atoms with Crippen LogP contribution in [0.4, 0.5) is 4.39 Å². The van der Waals surface area contributed by atoms with Gasteiger partial charge >= 0.3 is 0 Å². The van der Waals surface area contributed by atoms with Gasteiger partial charge in [-0.1, -0.05) is 29.8 Å². The van der Waals surface area contributed by atoms with Crippen molar-refractivity contribution < 1.29 is 9.50 Å². The van der Waals surface area contributed by atoms with Crippen molar-refractivity contribution in [3.05, 3.63) is 58.9 Å². The zero-order chi connectivity index (χ0) is 12.3. The van der Waals surface area contributed by atoms with Crippen molar-refractivity contribution in [1.82, 2.24) is 0 Å². The first-order chi connectivity index (χ1) is 8.20. The lowest BCUT2D eigenvalue weighted by atomic mass is 10.0. The van der Waals surface area contributed by atoms with Gasteiger partial charge in [0.25, 0.3) is 0 Å². The molecule has 1 N–H and O–H groups in total. The summed E-state index contributed by atoms with van der Waals surface area (Å²) in [5.74, 6) is -0.252. The molecular weight excluding hydrogens is 239 g/mol. The monoisotopic (exact) mass is 250 g/mol. The van der Waals surface area contributed by atoms with E-state index in [1.165, 1.54) is 12.1 Å². The fraction of sp³-hybridized carbons (Fsp3) is 0.143. The van der Waals surface area contributed by atoms with Crippen LogP contribution in [0.25, 0.3) is 11.1 Å². The average Bonchev–Trinajstić information content (AvgIpc) is 2.33. The van der Waals surface area contributed by atoms with E-state index in [1.54, 1.807) is 18.2 Å². The van der Waals surface area contributed by atoms with Gasteiger partial charge in [0.15, 0.2) is 0 Å². The molecular formula is C14H12ClFO. The molecule has 0 saturated heterocycles. The Hall–Kier alpha value is -1.38. The van der Waals surface area contributed by atoms with Crippen LogP contribution in [0.5, 0.6) is 0 Å². The number of benzene rings is 2. The molecule has 0 heterocycles. The van der Waals surface area contributed by atoms with Crippen molar-refractivity contribution >= 4 is 11.6 Å². The van der Waals surface area contributed by atoms with Crippen molar-refractivity contribution in [2.75, 3.05) is 6.61 Å². The predicted octanol–water partition coefficient (Wildman–Crippen LogP) is 3.68. The zero-order valence-corrected chi connectivity index (χ0v) is 9.91. The van der Waals surface area contributed by atoms with E-state index in [0.29, 0.717) is 11.4 Å². The Balaban J connectivity index is 2.39. The van der Waals surface area contributed by atoms with Gasteiger partial charge in [-0.05, 0) is 47.4 Å². The van der Waals surface area contributed by atoms with Gasteiger partial charge in [-0.3, -0.25) is 0 Å². The van der Waals surface area contributed by atoms with E-state index >= 15 is 0 Å². The van der Waals surface area contributed by atoms with Crippen LogP contribution in [0, 0.1) is 5.82 Å². The highest BCUT2D eigenvalue weighted by Gasteiger charge is 2.03. The second-order valence-corrected chi connectivity index (χ2v) is 4.19. The van der Waals surface area contributed by atoms with Crippen LogP contribution in [0.1, 0.15) is 5.56 Å². The molecule has 0 aliphatic heterocycles. The van der Waals surface area contributed by atoms with Gasteiger partial charge in [-0.2, -0.15) is 0 Å². The molecule has 0 aliphatic rings. The summed E-state index contributed by atoms with van der Waals surface area (Å²) in [5, 5.41) is 9.58. The van der Waals surface area contributed by atoms with Crippen molar-refractivity contribution in [1.29, 1.82) is 0 Å². The molecule has 0 amide bonds. The van der Waals surface area contributed by atoms with Gasteiger partial charge in [0.2, 0.25) is 0 Å². The number of hydrogen-bond donors (Lipinski definition) is 1. The molecule has 0 spiro atoms. The topological polar surface area (TPSA) is 20.2 Å². The predicted molar refractivity (Wildman–Crippen MR) is 67.6 cm³/mol. The number of aliphatic hydroxyl groups excluding tert-OH is 1. The highest BCUT2D eigenvalue weighted by molar-refractivity contribution is 6.31. The minimum absolute atomic E-state index is 0.0621. The first kappa shape index (κ1) is 12.1. The van der Waals surface area contributed by atoms with Gasteiger partial charge in [0.1, 0.15) is 5.82 Å². The van der Waals surface area contributed by atoms with Gasteiger partial charge < -0.3 is 5.11 Å². The van der Waals surface area contributed by atoms with Crippen LogP contribution in [0.3, 0.4) is 0 Å². The molecule has 88 valence electrons. The van der Waals surface area contributed by atoms with E-state index in [4.69, 9.17) is 16.7 Å². The Morgan fingerprint density at radius 3 is 2.29 bits per heavy atom. The summed E-state index contributed by atoms with van der Waals surface area (Å²) < 4.78 is 12.8. The molecule has 0 fully saturated rings. The minimum atomic E-state index is -0.252. The maximum atomic E-state index is 12.8. The Bertz CT molecular complexity index is 508. The largest absolute Gasteiger partial charge is 0.396 e. The molecule has 17 heavy (non-hydrogen) atoms. The Morgan fingerprint density at radius 1 is 1.00 bits per heavy atom. The summed E-state index contributed by atoms with van der Waals surface area (Å²) >= 11 is 6.02. The lowest BCUT2D eigenvalue weighted by Crippen LogP contribution is -1.92. The zero-order valence-electron chi connectivity index (χ0n) is 9.16. The summed E-state index contributed by atoms with van der Waals surface area (Å²) in [4.78, 5) is 0. The van der Waals surface area contributed by atoms with E-state index in [0.717, 1.165) is 16.7 Å². The fourth-order valence-electron chi connectivity index (χ4n) is 1.71. The summed E-state index contributed by atoms with van der Waals surface area (Å²) in [5.41, 5.74) is 2.80. The van der Waals surface area contributed by atoms with Crippen LogP contribution >= 0.6 is 11.6 Å². The maximum Gasteiger partial charge on any atom is 0.123 e. The highest BCUT2D eigenvalue weighted by atomic mass is 35.5. The first-order valence-electron chi connectivity index (χ1n) is 5.36. The molecule has 2 aromatic carbocycles. The van der Waals surface area contributed by atoms with E-state index in [9.17, 15) is 4.39 Å². The van der Waals surface area contributed by atoms with Crippen LogP contribution in [-0.2, 0) is 6.42 Å². The quantitative estimate of drug-likeness (QED) is 0.881. The molecule has 0 unspecified atom stereocenters. The third kappa shape index (κ3) is 2.84. The summed E-state index contributed by atoms with van der Waals surface area (Å²) in [7, 11) is 0. The van der Waals surface area contributed by atoms with Crippen LogP contribution < -0.4 is 0 Å². The van der Waals surface area contributed by atoms with Crippen molar-refractivity contribution in [3.8, 4) is 11.1 Å². The SMILES string of the molecule is OCCc1cc(-c2ccc(F)cc2)ccc1Cl. The number of aliphatic hydroxyl groups is 1. The normalized spacial score (nSPS) is 10.5. The van der Waals surface area contributed by atoms with Crippen molar-refractivity contribution in [3.63, 3.8) is 0 Å². The van der Waals surface area contributed by atoms with E-state index in [-0.39, 0.29) is 12.4 Å². The maximum absolute atomic E-state index is 12.8. The van der Waals surface area contributed by atoms with E-state index < -0.39 is 0 Å². The number of rotatable bonds is 3. The molecule has 0 radical (unpaired) electrons. The highest BCUT2D eigenvalue weighted by Crippen LogP contribution is 2.25. The Labute approximate surface area is 104 Å². The third-order valence-electron chi connectivity index (χ3n) is 2.60. The van der Waals surface area contributed by atoms with Crippen LogP contribution in [-0.4, -0.2) is 11.7 Å².